The summed E-state index contributed by atoms with van der Waals surface area (Å²) >= 11 is 0. The van der Waals surface area contributed by atoms with E-state index in [0.717, 1.165) is 16.8 Å². The van der Waals surface area contributed by atoms with Crippen LogP contribution in [0.1, 0.15) is 11.1 Å². The molecule has 22 heavy (non-hydrogen) atoms. The zero-order valence-electron chi connectivity index (χ0n) is 12.5. The van der Waals surface area contributed by atoms with Crippen molar-refractivity contribution in [2.75, 3.05) is 25.6 Å². The van der Waals surface area contributed by atoms with Gasteiger partial charge in [-0.1, -0.05) is 36.4 Å². The van der Waals surface area contributed by atoms with Gasteiger partial charge in [0.05, 0.1) is 6.61 Å². The summed E-state index contributed by atoms with van der Waals surface area (Å²) in [6.07, 6.45) is 3.22. The van der Waals surface area contributed by atoms with Crippen LogP contribution >= 0.6 is 0 Å². The van der Waals surface area contributed by atoms with Crippen LogP contribution in [0.15, 0.2) is 48.5 Å². The van der Waals surface area contributed by atoms with Gasteiger partial charge in [0.1, 0.15) is 18.5 Å². The molecule has 2 N–H and O–H groups in total. The standard InChI is InChI=1S/C18H20FNO2/c1-20-16-8-4-14(5-9-16)2-3-15-6-10-17(11-7-15)22-18(12-19)13-21/h2-11,18,20-21H,12-13H2,1H3/b3-2+. The van der Waals surface area contributed by atoms with Crippen molar-refractivity contribution in [1.82, 2.24) is 0 Å². The van der Waals surface area contributed by atoms with Gasteiger partial charge in [-0.05, 0) is 35.4 Å². The molecule has 1 atom stereocenters. The number of aliphatic hydroxyl groups is 1. The summed E-state index contributed by atoms with van der Waals surface area (Å²) in [6, 6.07) is 15.4. The van der Waals surface area contributed by atoms with Gasteiger partial charge in [-0.3, -0.25) is 0 Å². The van der Waals surface area contributed by atoms with Crippen molar-refractivity contribution < 1.29 is 14.2 Å². The van der Waals surface area contributed by atoms with Crippen molar-refractivity contribution in [2.24, 2.45) is 0 Å². The highest BCUT2D eigenvalue weighted by atomic mass is 19.1. The zero-order chi connectivity index (χ0) is 15.8. The van der Waals surface area contributed by atoms with Crippen molar-refractivity contribution in [3.8, 4) is 5.75 Å². The summed E-state index contributed by atoms with van der Waals surface area (Å²) in [5.74, 6) is 0.548. The van der Waals surface area contributed by atoms with Crippen LogP contribution in [-0.4, -0.2) is 31.5 Å². The molecule has 2 aromatic carbocycles. The van der Waals surface area contributed by atoms with Gasteiger partial charge in [-0.25, -0.2) is 4.39 Å². The van der Waals surface area contributed by atoms with E-state index in [1.54, 1.807) is 12.1 Å². The number of ether oxygens (including phenoxy) is 1. The molecule has 0 aromatic heterocycles. The van der Waals surface area contributed by atoms with Crippen LogP contribution in [0.4, 0.5) is 10.1 Å². The number of alkyl halides is 1. The van der Waals surface area contributed by atoms with Gasteiger partial charge < -0.3 is 15.2 Å². The van der Waals surface area contributed by atoms with Crippen LogP contribution in [0.3, 0.4) is 0 Å². The number of benzene rings is 2. The molecule has 0 bridgehead atoms. The number of aliphatic hydroxyl groups excluding tert-OH is 1. The first kappa shape index (κ1) is 16.0. The molecular weight excluding hydrogens is 281 g/mol. The Kier molecular flexibility index (Phi) is 5.98. The molecule has 0 aliphatic carbocycles. The molecule has 0 amide bonds. The third-order valence-corrected chi connectivity index (χ3v) is 3.23. The quantitative estimate of drug-likeness (QED) is 0.768. The van der Waals surface area contributed by atoms with Crippen LogP contribution in [0, 0.1) is 0 Å². The topological polar surface area (TPSA) is 41.5 Å². The maximum Gasteiger partial charge on any atom is 0.150 e. The summed E-state index contributed by atoms with van der Waals surface area (Å²) in [6.45, 7) is -1.04. The molecule has 4 heteroatoms. The highest BCUT2D eigenvalue weighted by Gasteiger charge is 2.07. The minimum absolute atomic E-state index is 0.333. The average Bonchev–Trinajstić information content (AvgIpc) is 2.59. The van der Waals surface area contributed by atoms with Crippen LogP contribution in [0.2, 0.25) is 0 Å². The summed E-state index contributed by atoms with van der Waals surface area (Å²) in [5, 5.41) is 12.0. The van der Waals surface area contributed by atoms with Crippen LogP contribution in [0.25, 0.3) is 12.2 Å². The molecule has 0 spiro atoms. The van der Waals surface area contributed by atoms with Gasteiger partial charge in [-0.2, -0.15) is 0 Å². The number of halogens is 1. The van der Waals surface area contributed by atoms with Crippen molar-refractivity contribution in [2.45, 2.75) is 6.10 Å². The van der Waals surface area contributed by atoms with Gasteiger partial charge in [0, 0.05) is 12.7 Å². The number of nitrogens with one attached hydrogen (secondary N) is 1. The number of rotatable bonds is 7. The third kappa shape index (κ3) is 4.60. The Morgan fingerprint density at radius 1 is 1.05 bits per heavy atom. The molecule has 2 aromatic rings. The van der Waals surface area contributed by atoms with E-state index in [0.29, 0.717) is 5.75 Å². The Morgan fingerprint density at radius 2 is 1.59 bits per heavy atom. The van der Waals surface area contributed by atoms with Gasteiger partial charge in [0.25, 0.3) is 0 Å². The highest BCUT2D eigenvalue weighted by Crippen LogP contribution is 2.17. The second kappa shape index (κ2) is 8.20. The predicted molar refractivity (Wildman–Crippen MR) is 88.8 cm³/mol. The van der Waals surface area contributed by atoms with Crippen LogP contribution in [0.5, 0.6) is 5.75 Å². The second-order valence-corrected chi connectivity index (χ2v) is 4.85. The predicted octanol–water partition coefficient (Wildman–Crippen LogP) is 3.61. The molecule has 0 saturated carbocycles. The van der Waals surface area contributed by atoms with Gasteiger partial charge in [-0.15, -0.1) is 0 Å². The molecule has 0 aliphatic heterocycles. The molecule has 0 radical (unpaired) electrons. The normalized spacial score (nSPS) is 12.3. The molecule has 0 fully saturated rings. The Labute approximate surface area is 130 Å². The largest absolute Gasteiger partial charge is 0.485 e. The number of anilines is 1. The molecule has 0 heterocycles. The maximum atomic E-state index is 12.5. The highest BCUT2D eigenvalue weighted by molar-refractivity contribution is 5.70. The van der Waals surface area contributed by atoms with Crippen molar-refractivity contribution in [3.63, 3.8) is 0 Å². The lowest BCUT2D eigenvalue weighted by atomic mass is 10.1. The van der Waals surface area contributed by atoms with E-state index in [1.165, 1.54) is 0 Å². The fourth-order valence-electron chi connectivity index (χ4n) is 1.92. The average molecular weight is 301 g/mol. The first-order valence-corrected chi connectivity index (χ1v) is 7.14. The Bertz CT molecular complexity index is 589. The summed E-state index contributed by atoms with van der Waals surface area (Å²) in [5.41, 5.74) is 3.20. The van der Waals surface area contributed by atoms with E-state index in [-0.39, 0.29) is 6.61 Å². The van der Waals surface area contributed by atoms with Crippen molar-refractivity contribution in [1.29, 1.82) is 0 Å². The lowest BCUT2D eigenvalue weighted by Gasteiger charge is -2.13. The zero-order valence-corrected chi connectivity index (χ0v) is 12.5. The SMILES string of the molecule is CNc1ccc(/C=C/c2ccc(OC(CO)CF)cc2)cc1. The van der Waals surface area contributed by atoms with E-state index in [1.807, 2.05) is 55.6 Å². The second-order valence-electron chi connectivity index (χ2n) is 4.85. The molecule has 0 aliphatic rings. The number of hydrogen-bond acceptors (Lipinski definition) is 3. The molecule has 0 saturated heterocycles. The first-order chi connectivity index (χ1) is 10.7. The molecule has 2 rings (SSSR count). The summed E-state index contributed by atoms with van der Waals surface area (Å²) in [4.78, 5) is 0. The maximum absolute atomic E-state index is 12.5. The minimum atomic E-state index is -0.799. The Balaban J connectivity index is 1.99. The van der Waals surface area contributed by atoms with E-state index in [2.05, 4.69) is 5.32 Å². The third-order valence-electron chi connectivity index (χ3n) is 3.23. The molecule has 3 nitrogen and oxygen atoms in total. The number of hydrogen-bond donors (Lipinski definition) is 2. The lowest BCUT2D eigenvalue weighted by Crippen LogP contribution is -2.23. The Hall–Kier alpha value is -2.33. The fourth-order valence-corrected chi connectivity index (χ4v) is 1.92. The monoisotopic (exact) mass is 301 g/mol. The van der Waals surface area contributed by atoms with E-state index < -0.39 is 12.8 Å². The van der Waals surface area contributed by atoms with Gasteiger partial charge in [0.2, 0.25) is 0 Å². The van der Waals surface area contributed by atoms with E-state index in [4.69, 9.17) is 9.84 Å². The summed E-state index contributed by atoms with van der Waals surface area (Å²) < 4.78 is 17.8. The van der Waals surface area contributed by atoms with Crippen molar-refractivity contribution in [3.05, 3.63) is 59.7 Å². The minimum Gasteiger partial charge on any atom is -0.485 e. The first-order valence-electron chi connectivity index (χ1n) is 7.14. The van der Waals surface area contributed by atoms with Crippen LogP contribution < -0.4 is 10.1 Å². The van der Waals surface area contributed by atoms with Gasteiger partial charge in [0.15, 0.2) is 0 Å². The van der Waals surface area contributed by atoms with Crippen molar-refractivity contribution >= 4 is 17.8 Å². The van der Waals surface area contributed by atoms with E-state index in [9.17, 15) is 4.39 Å². The van der Waals surface area contributed by atoms with Crippen LogP contribution in [-0.2, 0) is 0 Å². The van der Waals surface area contributed by atoms with Gasteiger partial charge >= 0.3 is 0 Å². The summed E-state index contributed by atoms with van der Waals surface area (Å²) in [7, 11) is 1.89. The molecular formula is C18H20FNO2. The smallest absolute Gasteiger partial charge is 0.150 e. The Morgan fingerprint density at radius 3 is 2.05 bits per heavy atom. The lowest BCUT2D eigenvalue weighted by molar-refractivity contribution is 0.0931. The fraction of sp³-hybridized carbons (Fsp3) is 0.222. The molecule has 116 valence electrons. The van der Waals surface area contributed by atoms with E-state index >= 15 is 0 Å². The molecule has 1 unspecified atom stereocenters.